The molecule has 1 saturated heterocycles. The van der Waals surface area contributed by atoms with Gasteiger partial charge in [-0.25, -0.2) is 4.79 Å². The molecule has 1 unspecified atom stereocenters. The molecule has 1 aromatic heterocycles. The van der Waals surface area contributed by atoms with Crippen molar-refractivity contribution in [2.75, 3.05) is 20.1 Å². The number of carbonyl (C=O) groups excluding carboxylic acids is 1. The van der Waals surface area contributed by atoms with Crippen LogP contribution >= 0.6 is 0 Å². The van der Waals surface area contributed by atoms with Gasteiger partial charge < -0.3 is 24.8 Å². The summed E-state index contributed by atoms with van der Waals surface area (Å²) in [4.78, 5) is 18.3. The molecule has 2 heterocycles. The third-order valence-electron chi connectivity index (χ3n) is 3.63. The normalized spacial score (nSPS) is 18.6. The summed E-state index contributed by atoms with van der Waals surface area (Å²) < 4.78 is 7.16. The van der Waals surface area contributed by atoms with Gasteiger partial charge >= 0.3 is 6.09 Å². The number of ether oxygens (including phenoxy) is 1. The fourth-order valence-corrected chi connectivity index (χ4v) is 2.50. The number of aliphatic imine (C=N–C) groups is 1. The fourth-order valence-electron chi connectivity index (χ4n) is 2.50. The predicted molar refractivity (Wildman–Crippen MR) is 90.5 cm³/mol. The molecule has 0 saturated carbocycles. The van der Waals surface area contributed by atoms with Crippen LogP contribution in [0.5, 0.6) is 0 Å². The Morgan fingerprint density at radius 2 is 2.25 bits per heavy atom. The Kier molecular flexibility index (Phi) is 5.63. The lowest BCUT2D eigenvalue weighted by atomic mass is 10.2. The third kappa shape index (κ3) is 5.10. The van der Waals surface area contributed by atoms with E-state index in [-0.39, 0.29) is 12.1 Å². The number of rotatable bonds is 3. The molecule has 9 nitrogen and oxygen atoms in total. The number of hydrogen-bond acceptors (Lipinski definition) is 5. The van der Waals surface area contributed by atoms with Gasteiger partial charge in [0.2, 0.25) is 0 Å². The van der Waals surface area contributed by atoms with Crippen LogP contribution in [0.25, 0.3) is 0 Å². The summed E-state index contributed by atoms with van der Waals surface area (Å²) in [7, 11) is 3.64. The molecular formula is C15H27N7O2. The zero-order valence-electron chi connectivity index (χ0n) is 15.0. The summed E-state index contributed by atoms with van der Waals surface area (Å²) in [5, 5.41) is 14.1. The second kappa shape index (κ2) is 7.50. The Morgan fingerprint density at radius 1 is 1.50 bits per heavy atom. The van der Waals surface area contributed by atoms with Crippen LogP contribution in [-0.4, -0.2) is 63.5 Å². The number of carbonyl (C=O) groups is 1. The van der Waals surface area contributed by atoms with Gasteiger partial charge in [-0.3, -0.25) is 4.99 Å². The second-order valence-electron chi connectivity index (χ2n) is 6.84. The first kappa shape index (κ1) is 18.0. The van der Waals surface area contributed by atoms with Crippen molar-refractivity contribution in [1.82, 2.24) is 30.3 Å². The minimum absolute atomic E-state index is 0.0493. The monoisotopic (exact) mass is 337 g/mol. The summed E-state index contributed by atoms with van der Waals surface area (Å²) in [5.41, 5.74) is -0.490. The highest BCUT2D eigenvalue weighted by molar-refractivity contribution is 5.80. The van der Waals surface area contributed by atoms with E-state index in [0.29, 0.717) is 13.1 Å². The molecule has 1 fully saturated rings. The first-order valence-corrected chi connectivity index (χ1v) is 8.06. The van der Waals surface area contributed by atoms with Crippen LogP contribution in [0.15, 0.2) is 11.3 Å². The lowest BCUT2D eigenvalue weighted by Crippen LogP contribution is -2.44. The zero-order chi connectivity index (χ0) is 17.7. The van der Waals surface area contributed by atoms with Crippen LogP contribution in [0.1, 0.15) is 33.0 Å². The molecule has 1 aromatic rings. The van der Waals surface area contributed by atoms with Gasteiger partial charge in [0.05, 0.1) is 12.6 Å². The van der Waals surface area contributed by atoms with Crippen LogP contribution in [-0.2, 0) is 18.3 Å². The molecule has 24 heavy (non-hydrogen) atoms. The van der Waals surface area contributed by atoms with E-state index >= 15 is 0 Å². The van der Waals surface area contributed by atoms with Crippen molar-refractivity contribution >= 4 is 12.1 Å². The van der Waals surface area contributed by atoms with Gasteiger partial charge in [-0.1, -0.05) is 0 Å². The van der Waals surface area contributed by atoms with Gasteiger partial charge in [0, 0.05) is 27.2 Å². The molecule has 2 rings (SSSR count). The van der Waals surface area contributed by atoms with Crippen LogP contribution in [0, 0.1) is 0 Å². The van der Waals surface area contributed by atoms with Crippen molar-refractivity contribution in [3.05, 3.63) is 12.2 Å². The maximum absolute atomic E-state index is 11.9. The van der Waals surface area contributed by atoms with Gasteiger partial charge in [0.15, 0.2) is 11.8 Å². The SMILES string of the molecule is CN=C(NCc1nncn1C)N1CCC(NC(=O)OC(C)(C)C)C1. The number of aryl methyl sites for hydroxylation is 1. The van der Waals surface area contributed by atoms with Crippen LogP contribution in [0.4, 0.5) is 4.79 Å². The highest BCUT2D eigenvalue weighted by Gasteiger charge is 2.27. The van der Waals surface area contributed by atoms with E-state index < -0.39 is 5.60 Å². The molecule has 1 aliphatic rings. The Labute approximate surface area is 142 Å². The highest BCUT2D eigenvalue weighted by Crippen LogP contribution is 2.12. The standard InChI is InChI=1S/C15H27N7O2/c1-15(2,3)24-14(23)19-11-6-7-22(9-11)13(16-4)17-8-12-20-18-10-21(12)5/h10-11H,6-9H2,1-5H3,(H,16,17)(H,19,23). The van der Waals surface area contributed by atoms with Crippen molar-refractivity contribution in [3.63, 3.8) is 0 Å². The minimum atomic E-state index is -0.490. The minimum Gasteiger partial charge on any atom is -0.444 e. The van der Waals surface area contributed by atoms with Crippen LogP contribution in [0.3, 0.4) is 0 Å². The lowest BCUT2D eigenvalue weighted by molar-refractivity contribution is 0.0507. The first-order valence-electron chi connectivity index (χ1n) is 8.06. The Bertz CT molecular complexity index is 591. The van der Waals surface area contributed by atoms with Crippen LogP contribution in [0.2, 0.25) is 0 Å². The molecule has 1 amide bonds. The van der Waals surface area contributed by atoms with Gasteiger partial charge in [-0.15, -0.1) is 10.2 Å². The van der Waals surface area contributed by atoms with Gasteiger partial charge in [-0.05, 0) is 27.2 Å². The highest BCUT2D eigenvalue weighted by atomic mass is 16.6. The molecule has 0 radical (unpaired) electrons. The number of alkyl carbamates (subject to hydrolysis) is 1. The average molecular weight is 337 g/mol. The lowest BCUT2D eigenvalue weighted by Gasteiger charge is -2.23. The second-order valence-corrected chi connectivity index (χ2v) is 6.84. The number of nitrogens with zero attached hydrogens (tertiary/aromatic N) is 5. The predicted octanol–water partition coefficient (Wildman–Crippen LogP) is 0.489. The van der Waals surface area contributed by atoms with Crippen LogP contribution < -0.4 is 10.6 Å². The maximum Gasteiger partial charge on any atom is 0.407 e. The number of amides is 1. The molecule has 0 aromatic carbocycles. The van der Waals surface area contributed by atoms with Crippen molar-refractivity contribution < 1.29 is 9.53 Å². The van der Waals surface area contributed by atoms with Gasteiger partial charge in [-0.2, -0.15) is 0 Å². The van der Waals surface area contributed by atoms with E-state index in [4.69, 9.17) is 4.74 Å². The number of nitrogens with one attached hydrogen (secondary N) is 2. The molecule has 9 heteroatoms. The molecule has 0 aliphatic carbocycles. The quantitative estimate of drug-likeness (QED) is 0.615. The number of aromatic nitrogens is 3. The molecule has 1 atom stereocenters. The Morgan fingerprint density at radius 3 is 2.83 bits per heavy atom. The van der Waals surface area contributed by atoms with Crippen molar-refractivity contribution in [1.29, 1.82) is 0 Å². The summed E-state index contributed by atoms with van der Waals surface area (Å²) in [5.74, 6) is 1.62. The first-order chi connectivity index (χ1) is 11.3. The molecule has 0 spiro atoms. The van der Waals surface area contributed by atoms with Crippen molar-refractivity contribution in [2.45, 2.75) is 45.4 Å². The summed E-state index contributed by atoms with van der Waals surface area (Å²) >= 11 is 0. The summed E-state index contributed by atoms with van der Waals surface area (Å²) in [6.45, 7) is 7.61. The molecular weight excluding hydrogens is 310 g/mol. The van der Waals surface area contributed by atoms with E-state index in [0.717, 1.165) is 24.7 Å². The van der Waals surface area contributed by atoms with Gasteiger partial charge in [0.1, 0.15) is 11.9 Å². The number of likely N-dealkylation sites (tertiary alicyclic amines) is 1. The smallest absolute Gasteiger partial charge is 0.407 e. The number of hydrogen-bond donors (Lipinski definition) is 2. The zero-order valence-corrected chi connectivity index (χ0v) is 15.0. The van der Waals surface area contributed by atoms with Crippen molar-refractivity contribution in [3.8, 4) is 0 Å². The van der Waals surface area contributed by atoms with E-state index in [1.165, 1.54) is 0 Å². The maximum atomic E-state index is 11.9. The van der Waals surface area contributed by atoms with E-state index in [2.05, 4.69) is 30.7 Å². The third-order valence-corrected chi connectivity index (χ3v) is 3.63. The topological polar surface area (TPSA) is 96.7 Å². The van der Waals surface area contributed by atoms with Gasteiger partial charge in [0.25, 0.3) is 0 Å². The fraction of sp³-hybridized carbons (Fsp3) is 0.733. The van der Waals surface area contributed by atoms with E-state index in [1.54, 1.807) is 13.4 Å². The summed E-state index contributed by atoms with van der Waals surface area (Å²) in [6.07, 6.45) is 2.14. The van der Waals surface area contributed by atoms with E-state index in [1.807, 2.05) is 32.4 Å². The largest absolute Gasteiger partial charge is 0.444 e. The van der Waals surface area contributed by atoms with E-state index in [9.17, 15) is 4.79 Å². The molecule has 134 valence electrons. The molecule has 0 bridgehead atoms. The summed E-state index contributed by atoms with van der Waals surface area (Å²) in [6, 6.07) is 0.0493. The molecule has 1 aliphatic heterocycles. The number of guanidine groups is 1. The average Bonchev–Trinajstić information content (AvgIpc) is 3.07. The molecule has 2 N–H and O–H groups in total. The Hall–Kier alpha value is -2.32. The Balaban J connectivity index is 1.82. The van der Waals surface area contributed by atoms with Crippen molar-refractivity contribution in [2.24, 2.45) is 12.0 Å².